The molecule has 0 aliphatic carbocycles. The normalized spacial score (nSPS) is 33.2. The Kier molecular flexibility index (Phi) is 12.5. The fourth-order valence-electron chi connectivity index (χ4n) is 2.06. The predicted molar refractivity (Wildman–Crippen MR) is 85.1 cm³/mol. The summed E-state index contributed by atoms with van der Waals surface area (Å²) in [4.78, 5) is 0. The number of halogens is 2. The maximum atomic E-state index is 11.5. The van der Waals surface area contributed by atoms with Gasteiger partial charge in [0.05, 0.1) is 12.2 Å². The summed E-state index contributed by atoms with van der Waals surface area (Å²) < 4.78 is 22.1. The number of ether oxygens (including phenoxy) is 2. The SMILES string of the molecule is CP(C)(=O)C1CC[C@@H](CBr)O1.OC1CC[C@@H](CBr)O1.[Ac]. The molecule has 2 heterocycles. The third kappa shape index (κ3) is 8.39. The Balaban J connectivity index is 0.000000359. The summed E-state index contributed by atoms with van der Waals surface area (Å²) >= 11 is 6.62. The first-order valence-electron chi connectivity index (χ1n) is 6.52. The van der Waals surface area contributed by atoms with Crippen LogP contribution in [-0.4, -0.2) is 53.4 Å². The molecule has 2 unspecified atom stereocenters. The second-order valence-corrected chi connectivity index (χ2v) is 10.1. The number of aliphatic hydroxyl groups is 1. The first kappa shape index (κ1) is 22.5. The third-order valence-corrected chi connectivity index (χ3v) is 6.42. The van der Waals surface area contributed by atoms with E-state index in [2.05, 4.69) is 31.9 Å². The summed E-state index contributed by atoms with van der Waals surface area (Å²) in [6.45, 7) is 3.60. The van der Waals surface area contributed by atoms with Gasteiger partial charge in [-0.1, -0.05) is 31.9 Å². The molecule has 4 nitrogen and oxygen atoms in total. The molecule has 0 spiro atoms. The number of aliphatic hydroxyl groups excluding tert-OH is 1. The van der Waals surface area contributed by atoms with Gasteiger partial charge in [-0.2, -0.15) is 0 Å². The standard InChI is InChI=1S/C7H14BrO2P.C5H9BrO2.Ac/c1-11(2,9)7-4-3-6(5-8)10-7;6-3-4-1-2-5(7)8-4;/h6-7H,3-5H2,1-2H3;4-5,7H,1-3H2;/t6-,7?;4-,5?;/m00./s1. The van der Waals surface area contributed by atoms with Gasteiger partial charge in [-0.15, -0.1) is 0 Å². The molecule has 2 rings (SSSR count). The van der Waals surface area contributed by atoms with Crippen molar-refractivity contribution in [3.63, 3.8) is 0 Å². The maximum Gasteiger partial charge on any atom is 0.155 e. The van der Waals surface area contributed by atoms with Crippen LogP contribution in [0.5, 0.6) is 0 Å². The van der Waals surface area contributed by atoms with Crippen molar-refractivity contribution in [3.05, 3.63) is 0 Å². The first-order chi connectivity index (χ1) is 8.86. The van der Waals surface area contributed by atoms with Gasteiger partial charge >= 0.3 is 0 Å². The summed E-state index contributed by atoms with van der Waals surface area (Å²) in [5, 5.41) is 10.5. The van der Waals surface area contributed by atoms with Crippen LogP contribution in [0, 0.1) is 44.1 Å². The summed E-state index contributed by atoms with van der Waals surface area (Å²) in [7, 11) is -2.01. The van der Waals surface area contributed by atoms with Crippen LogP contribution in [0.4, 0.5) is 0 Å². The molecule has 0 amide bonds. The number of hydrogen-bond acceptors (Lipinski definition) is 4. The van der Waals surface area contributed by atoms with E-state index in [-0.39, 0.29) is 62.1 Å². The Labute approximate surface area is 174 Å². The van der Waals surface area contributed by atoms with Crippen LogP contribution in [-0.2, 0) is 14.0 Å². The second-order valence-electron chi connectivity index (χ2n) is 5.32. The van der Waals surface area contributed by atoms with Crippen molar-refractivity contribution in [2.45, 2.75) is 50.0 Å². The van der Waals surface area contributed by atoms with E-state index < -0.39 is 13.4 Å². The minimum Gasteiger partial charge on any atom is -0.368 e. The molecule has 0 saturated carbocycles. The van der Waals surface area contributed by atoms with Crippen LogP contribution >= 0.6 is 39.0 Å². The fourth-order valence-corrected chi connectivity index (χ4v) is 4.25. The van der Waals surface area contributed by atoms with Gasteiger partial charge in [0, 0.05) is 61.1 Å². The molecule has 1 radical (unpaired) electrons. The van der Waals surface area contributed by atoms with E-state index in [0.29, 0.717) is 0 Å². The number of rotatable bonds is 3. The minimum absolute atomic E-state index is 0. The van der Waals surface area contributed by atoms with Crippen molar-refractivity contribution in [2.75, 3.05) is 24.0 Å². The van der Waals surface area contributed by atoms with Gasteiger partial charge in [0.25, 0.3) is 0 Å². The van der Waals surface area contributed by atoms with Crippen LogP contribution < -0.4 is 0 Å². The molecule has 1 N–H and O–H groups in total. The zero-order valence-corrected chi connectivity index (χ0v) is 20.8. The van der Waals surface area contributed by atoms with Crippen LogP contribution in [0.1, 0.15) is 25.7 Å². The molecule has 8 heteroatoms. The monoisotopic (exact) mass is 647 g/mol. The Hall–Kier alpha value is 2.51. The zero-order valence-electron chi connectivity index (χ0n) is 12.0. The fraction of sp³-hybridized carbons (Fsp3) is 1.00. The molecule has 0 bridgehead atoms. The van der Waals surface area contributed by atoms with Crippen molar-refractivity contribution in [1.82, 2.24) is 0 Å². The largest absolute Gasteiger partial charge is 0.368 e. The van der Waals surface area contributed by atoms with Crippen molar-refractivity contribution < 1.29 is 63.2 Å². The molecule has 0 aromatic rings. The third-order valence-electron chi connectivity index (χ3n) is 3.21. The van der Waals surface area contributed by atoms with Gasteiger partial charge in [-0.05, 0) is 32.6 Å². The molecular formula is C12H23AcBr2O4P. The molecule has 2 saturated heterocycles. The molecule has 2 aliphatic rings. The van der Waals surface area contributed by atoms with E-state index in [1.165, 1.54) is 0 Å². The quantitative estimate of drug-likeness (QED) is 0.377. The molecule has 117 valence electrons. The van der Waals surface area contributed by atoms with E-state index in [4.69, 9.17) is 14.6 Å². The van der Waals surface area contributed by atoms with E-state index in [1.807, 2.05) is 0 Å². The molecular weight excluding hydrogens is 626 g/mol. The van der Waals surface area contributed by atoms with E-state index in [1.54, 1.807) is 13.3 Å². The van der Waals surface area contributed by atoms with Gasteiger partial charge in [0.1, 0.15) is 13.0 Å². The second kappa shape index (κ2) is 11.1. The Morgan fingerprint density at radius 2 is 1.55 bits per heavy atom. The summed E-state index contributed by atoms with van der Waals surface area (Å²) in [5.74, 6) is 0.0186. The van der Waals surface area contributed by atoms with Gasteiger partial charge in [-0.25, -0.2) is 0 Å². The Morgan fingerprint density at radius 3 is 1.80 bits per heavy atom. The molecule has 0 aromatic carbocycles. The van der Waals surface area contributed by atoms with Crippen LogP contribution in [0.15, 0.2) is 0 Å². The van der Waals surface area contributed by atoms with Gasteiger partial charge in [0.15, 0.2) is 6.29 Å². The zero-order chi connectivity index (χ0) is 14.5. The van der Waals surface area contributed by atoms with Crippen molar-refractivity contribution >= 4 is 39.0 Å². The number of alkyl halides is 2. The van der Waals surface area contributed by atoms with Crippen LogP contribution in [0.2, 0.25) is 0 Å². The molecule has 2 fully saturated rings. The predicted octanol–water partition coefficient (Wildman–Crippen LogP) is 3.39. The van der Waals surface area contributed by atoms with E-state index in [0.717, 1.165) is 36.3 Å². The minimum atomic E-state index is -2.01. The van der Waals surface area contributed by atoms with Crippen molar-refractivity contribution in [2.24, 2.45) is 0 Å². The molecule has 4 atom stereocenters. The van der Waals surface area contributed by atoms with E-state index in [9.17, 15) is 4.57 Å². The summed E-state index contributed by atoms with van der Waals surface area (Å²) in [6.07, 6.45) is 3.79. The van der Waals surface area contributed by atoms with Gasteiger partial charge < -0.3 is 19.1 Å². The summed E-state index contributed by atoms with van der Waals surface area (Å²) in [5.41, 5.74) is 0. The first-order valence-corrected chi connectivity index (χ1v) is 11.4. The average molecular weight is 649 g/mol. The van der Waals surface area contributed by atoms with Gasteiger partial charge in [-0.3, -0.25) is 0 Å². The topological polar surface area (TPSA) is 55.8 Å². The smallest absolute Gasteiger partial charge is 0.155 e. The average Bonchev–Trinajstić information content (AvgIpc) is 2.97. The van der Waals surface area contributed by atoms with Crippen molar-refractivity contribution in [1.29, 1.82) is 0 Å². The van der Waals surface area contributed by atoms with Crippen LogP contribution in [0.25, 0.3) is 0 Å². The van der Waals surface area contributed by atoms with E-state index >= 15 is 0 Å². The summed E-state index contributed by atoms with van der Waals surface area (Å²) in [6, 6.07) is 0. The van der Waals surface area contributed by atoms with Gasteiger partial charge in [0.2, 0.25) is 0 Å². The maximum absolute atomic E-state index is 11.5. The molecule has 0 aromatic heterocycles. The van der Waals surface area contributed by atoms with Crippen molar-refractivity contribution in [3.8, 4) is 0 Å². The molecule has 20 heavy (non-hydrogen) atoms. The Morgan fingerprint density at radius 1 is 1.05 bits per heavy atom. The molecule has 2 aliphatic heterocycles. The van der Waals surface area contributed by atoms with Crippen LogP contribution in [0.3, 0.4) is 0 Å². The Bertz CT molecular complexity index is 316. The number of hydrogen-bond donors (Lipinski definition) is 1.